The van der Waals surface area contributed by atoms with E-state index in [0.717, 1.165) is 30.2 Å². The van der Waals surface area contributed by atoms with Crippen molar-refractivity contribution in [3.8, 4) is 0 Å². The van der Waals surface area contributed by atoms with Gasteiger partial charge in [-0.25, -0.2) is 0 Å². The van der Waals surface area contributed by atoms with E-state index >= 15 is 0 Å². The molecule has 3 nitrogen and oxygen atoms in total. The summed E-state index contributed by atoms with van der Waals surface area (Å²) in [6.07, 6.45) is 4.64. The highest BCUT2D eigenvalue weighted by molar-refractivity contribution is 6.33. The Bertz CT molecular complexity index is 452. The first-order valence-electron chi connectivity index (χ1n) is 8.07. The average Bonchev–Trinajstić information content (AvgIpc) is 2.72. The van der Waals surface area contributed by atoms with Crippen molar-refractivity contribution in [3.05, 3.63) is 28.8 Å². The number of hydrogen-bond acceptors (Lipinski definition) is 3. The monoisotopic (exact) mass is 310 g/mol. The summed E-state index contributed by atoms with van der Waals surface area (Å²) in [4.78, 5) is 2.29. The van der Waals surface area contributed by atoms with Gasteiger partial charge >= 0.3 is 0 Å². The maximum atomic E-state index is 9.66. The number of aliphatic hydroxyl groups excluding tert-OH is 1. The Kier molecular flexibility index (Phi) is 6.34. The van der Waals surface area contributed by atoms with Gasteiger partial charge in [-0.2, -0.15) is 0 Å². The molecule has 1 fully saturated rings. The van der Waals surface area contributed by atoms with Crippen LogP contribution in [0, 0.1) is 0 Å². The fourth-order valence-electron chi connectivity index (χ4n) is 3.13. The van der Waals surface area contributed by atoms with Gasteiger partial charge in [-0.05, 0) is 44.0 Å². The predicted octanol–water partition coefficient (Wildman–Crippen LogP) is 3.75. The van der Waals surface area contributed by atoms with Gasteiger partial charge in [0.2, 0.25) is 0 Å². The first kappa shape index (κ1) is 16.6. The van der Waals surface area contributed by atoms with Gasteiger partial charge in [-0.1, -0.05) is 37.4 Å². The molecule has 2 unspecified atom stereocenters. The smallest absolute Gasteiger partial charge is 0.0643 e. The van der Waals surface area contributed by atoms with Crippen LogP contribution in [0.15, 0.2) is 18.2 Å². The molecule has 2 N–H and O–H groups in total. The van der Waals surface area contributed by atoms with Crippen LogP contribution in [0.3, 0.4) is 0 Å². The highest BCUT2D eigenvalue weighted by Crippen LogP contribution is 2.32. The topological polar surface area (TPSA) is 35.5 Å². The number of nitrogens with one attached hydrogen (secondary N) is 1. The van der Waals surface area contributed by atoms with Crippen LogP contribution in [0.5, 0.6) is 0 Å². The molecule has 4 heteroatoms. The zero-order chi connectivity index (χ0) is 15.2. The van der Waals surface area contributed by atoms with Gasteiger partial charge in [-0.15, -0.1) is 0 Å². The average molecular weight is 311 g/mol. The molecule has 21 heavy (non-hydrogen) atoms. The van der Waals surface area contributed by atoms with Crippen LogP contribution in [0.25, 0.3) is 0 Å². The molecule has 0 bridgehead atoms. The van der Waals surface area contributed by atoms with E-state index in [9.17, 15) is 5.11 Å². The second kappa shape index (κ2) is 8.02. The molecule has 2 atom stereocenters. The molecule has 1 aromatic rings. The zero-order valence-electron chi connectivity index (χ0n) is 13.1. The number of halogens is 1. The minimum absolute atomic E-state index is 0.196. The molecule has 2 rings (SSSR count). The lowest BCUT2D eigenvalue weighted by Crippen LogP contribution is -2.37. The Morgan fingerprint density at radius 3 is 2.86 bits per heavy atom. The summed E-state index contributed by atoms with van der Waals surface area (Å²) >= 11 is 6.53. The Balaban J connectivity index is 2.22. The Labute approximate surface area is 133 Å². The molecular formula is C17H27ClN2O. The first-order chi connectivity index (χ1) is 10.2. The van der Waals surface area contributed by atoms with E-state index in [-0.39, 0.29) is 12.6 Å². The lowest BCUT2D eigenvalue weighted by atomic mass is 10.1. The second-order valence-corrected chi connectivity index (χ2v) is 6.28. The largest absolute Gasteiger partial charge is 0.394 e. The third-order valence-electron chi connectivity index (χ3n) is 4.38. The summed E-state index contributed by atoms with van der Waals surface area (Å²) in [7, 11) is 0. The Morgan fingerprint density at radius 2 is 2.19 bits per heavy atom. The highest BCUT2D eigenvalue weighted by Gasteiger charge is 2.22. The van der Waals surface area contributed by atoms with Crippen molar-refractivity contribution in [3.63, 3.8) is 0 Å². The van der Waals surface area contributed by atoms with E-state index in [1.165, 1.54) is 24.8 Å². The number of hydrogen-bond donors (Lipinski definition) is 2. The van der Waals surface area contributed by atoms with E-state index in [1.54, 1.807) is 0 Å². The van der Waals surface area contributed by atoms with Crippen molar-refractivity contribution in [2.45, 2.75) is 51.6 Å². The summed E-state index contributed by atoms with van der Waals surface area (Å²) in [6, 6.07) is 6.82. The van der Waals surface area contributed by atoms with Crippen LogP contribution in [0.4, 0.5) is 5.69 Å². The van der Waals surface area contributed by atoms with Crippen molar-refractivity contribution >= 4 is 17.3 Å². The summed E-state index contributed by atoms with van der Waals surface area (Å²) in [5, 5.41) is 13.9. The van der Waals surface area contributed by atoms with Crippen LogP contribution in [-0.2, 0) is 0 Å². The lowest BCUT2D eigenvalue weighted by molar-refractivity contribution is 0.255. The molecule has 0 spiro atoms. The normalized spacial score (nSPS) is 21.1. The molecule has 0 aromatic heterocycles. The number of aliphatic hydroxyl groups is 1. The SMILES string of the molecule is CCNC(C)c1ccc(N2CCCCCC2CO)c(Cl)c1. The standard InChI is InChI=1S/C17H27ClN2O/c1-3-19-13(2)14-8-9-17(16(18)11-14)20-10-6-4-5-7-15(20)12-21/h8-9,11,13,15,19,21H,3-7,10,12H2,1-2H3. The first-order valence-corrected chi connectivity index (χ1v) is 8.45. The molecule has 118 valence electrons. The molecule has 1 aromatic carbocycles. The maximum absolute atomic E-state index is 9.66. The van der Waals surface area contributed by atoms with Gasteiger partial charge in [0, 0.05) is 12.6 Å². The van der Waals surface area contributed by atoms with Crippen molar-refractivity contribution < 1.29 is 5.11 Å². The van der Waals surface area contributed by atoms with Gasteiger partial charge in [0.25, 0.3) is 0 Å². The minimum Gasteiger partial charge on any atom is -0.394 e. The van der Waals surface area contributed by atoms with Crippen LogP contribution >= 0.6 is 11.6 Å². The summed E-state index contributed by atoms with van der Waals surface area (Å²) in [5.74, 6) is 0. The molecule has 1 aliphatic rings. The quantitative estimate of drug-likeness (QED) is 0.869. The van der Waals surface area contributed by atoms with Crippen LogP contribution in [0.1, 0.15) is 51.1 Å². The van der Waals surface area contributed by atoms with E-state index in [1.807, 2.05) is 0 Å². The molecule has 0 radical (unpaired) electrons. The van der Waals surface area contributed by atoms with E-state index in [0.29, 0.717) is 6.04 Å². The van der Waals surface area contributed by atoms with Crippen LogP contribution < -0.4 is 10.2 Å². The fourth-order valence-corrected chi connectivity index (χ4v) is 3.43. The van der Waals surface area contributed by atoms with Crippen LogP contribution in [-0.4, -0.2) is 30.8 Å². The van der Waals surface area contributed by atoms with Crippen molar-refractivity contribution in [1.82, 2.24) is 5.32 Å². The van der Waals surface area contributed by atoms with E-state index in [4.69, 9.17) is 11.6 Å². The molecule has 1 heterocycles. The predicted molar refractivity (Wildman–Crippen MR) is 90.2 cm³/mol. The number of anilines is 1. The van der Waals surface area contributed by atoms with E-state index < -0.39 is 0 Å². The Morgan fingerprint density at radius 1 is 1.38 bits per heavy atom. The van der Waals surface area contributed by atoms with Gasteiger partial charge in [0.15, 0.2) is 0 Å². The molecule has 0 amide bonds. The highest BCUT2D eigenvalue weighted by atomic mass is 35.5. The second-order valence-electron chi connectivity index (χ2n) is 5.87. The Hall–Kier alpha value is -0.770. The summed E-state index contributed by atoms with van der Waals surface area (Å²) in [6.45, 7) is 6.38. The third-order valence-corrected chi connectivity index (χ3v) is 4.68. The summed E-state index contributed by atoms with van der Waals surface area (Å²) in [5.41, 5.74) is 2.27. The zero-order valence-corrected chi connectivity index (χ0v) is 13.9. The van der Waals surface area contributed by atoms with Crippen LogP contribution in [0.2, 0.25) is 5.02 Å². The van der Waals surface area contributed by atoms with Gasteiger partial charge < -0.3 is 15.3 Å². The molecule has 0 aliphatic carbocycles. The van der Waals surface area contributed by atoms with Crippen molar-refractivity contribution in [2.75, 3.05) is 24.6 Å². The van der Waals surface area contributed by atoms with Crippen molar-refractivity contribution in [2.24, 2.45) is 0 Å². The van der Waals surface area contributed by atoms with Gasteiger partial charge in [0.05, 0.1) is 23.4 Å². The van der Waals surface area contributed by atoms with Gasteiger partial charge in [-0.3, -0.25) is 0 Å². The number of rotatable bonds is 5. The van der Waals surface area contributed by atoms with Gasteiger partial charge in [0.1, 0.15) is 0 Å². The third kappa shape index (κ3) is 4.12. The number of nitrogens with zero attached hydrogens (tertiary/aromatic N) is 1. The minimum atomic E-state index is 0.196. The number of benzene rings is 1. The molecule has 1 aliphatic heterocycles. The van der Waals surface area contributed by atoms with Crippen molar-refractivity contribution in [1.29, 1.82) is 0 Å². The molecule has 1 saturated heterocycles. The summed E-state index contributed by atoms with van der Waals surface area (Å²) < 4.78 is 0. The lowest BCUT2D eigenvalue weighted by Gasteiger charge is -2.32. The molecule has 0 saturated carbocycles. The van der Waals surface area contributed by atoms with E-state index in [2.05, 4.69) is 42.3 Å². The fraction of sp³-hybridized carbons (Fsp3) is 0.647. The molecular weight excluding hydrogens is 284 g/mol. The maximum Gasteiger partial charge on any atom is 0.0643 e.